The molecule has 0 aliphatic rings. The summed E-state index contributed by atoms with van der Waals surface area (Å²) >= 11 is 9.38. The number of nitrogens with zero attached hydrogens (tertiary/aromatic N) is 2. The van der Waals surface area contributed by atoms with Crippen molar-refractivity contribution in [3.63, 3.8) is 0 Å². The van der Waals surface area contributed by atoms with Crippen molar-refractivity contribution in [2.75, 3.05) is 0 Å². The van der Waals surface area contributed by atoms with Crippen LogP contribution in [0, 0.1) is 0 Å². The van der Waals surface area contributed by atoms with Crippen molar-refractivity contribution in [2.45, 2.75) is 6.61 Å². The van der Waals surface area contributed by atoms with E-state index in [2.05, 4.69) is 20.9 Å². The van der Waals surface area contributed by atoms with E-state index in [1.54, 1.807) is 0 Å². The molecule has 0 radical (unpaired) electrons. The van der Waals surface area contributed by atoms with Crippen LogP contribution < -0.4 is 4.74 Å². The minimum Gasteiger partial charge on any atom is -0.486 e. The number of fused-ring (bicyclic) bond motifs is 1. The van der Waals surface area contributed by atoms with Gasteiger partial charge in [0.15, 0.2) is 0 Å². The third-order valence-corrected chi connectivity index (χ3v) is 3.56. The first-order valence-corrected chi connectivity index (χ1v) is 6.90. The number of hydrogen-bond donors (Lipinski definition) is 0. The van der Waals surface area contributed by atoms with Crippen molar-refractivity contribution in [1.29, 1.82) is 0 Å². The zero-order valence-corrected chi connectivity index (χ0v) is 12.2. The van der Waals surface area contributed by atoms with Crippen LogP contribution in [0.15, 0.2) is 53.3 Å². The maximum atomic E-state index is 5.94. The molecule has 5 heteroatoms. The first-order chi connectivity index (χ1) is 9.22. The molecule has 1 aromatic carbocycles. The van der Waals surface area contributed by atoms with Gasteiger partial charge in [0.2, 0.25) is 0 Å². The normalized spacial score (nSPS) is 10.8. The maximum Gasteiger partial charge on any atom is 0.137 e. The van der Waals surface area contributed by atoms with Gasteiger partial charge in [-0.2, -0.15) is 0 Å². The molecule has 0 amide bonds. The van der Waals surface area contributed by atoms with Gasteiger partial charge in [0, 0.05) is 12.4 Å². The standard InChI is InChI=1S/C14H10BrClN2O/c15-12-3-1-2-4-13(12)19-9-11-8-18-7-10(16)5-6-14(18)17-11/h1-8H,9H2. The molecule has 0 saturated carbocycles. The summed E-state index contributed by atoms with van der Waals surface area (Å²) in [5.74, 6) is 0.803. The van der Waals surface area contributed by atoms with Crippen molar-refractivity contribution < 1.29 is 4.74 Å². The topological polar surface area (TPSA) is 26.5 Å². The molecule has 0 spiro atoms. The third-order valence-electron chi connectivity index (χ3n) is 2.68. The van der Waals surface area contributed by atoms with E-state index in [-0.39, 0.29) is 0 Å². The summed E-state index contributed by atoms with van der Waals surface area (Å²) in [5, 5.41) is 0.683. The van der Waals surface area contributed by atoms with Crippen molar-refractivity contribution in [3.05, 3.63) is 64.0 Å². The van der Waals surface area contributed by atoms with E-state index >= 15 is 0 Å². The zero-order chi connectivity index (χ0) is 13.2. The number of aromatic nitrogens is 2. The molecular weight excluding hydrogens is 328 g/mol. The van der Waals surface area contributed by atoms with E-state index in [0.717, 1.165) is 21.6 Å². The minimum absolute atomic E-state index is 0.419. The largest absolute Gasteiger partial charge is 0.486 e. The quantitative estimate of drug-likeness (QED) is 0.711. The lowest BCUT2D eigenvalue weighted by Crippen LogP contribution is -1.95. The van der Waals surface area contributed by atoms with E-state index in [0.29, 0.717) is 11.6 Å². The monoisotopic (exact) mass is 336 g/mol. The number of hydrogen-bond acceptors (Lipinski definition) is 2. The molecule has 2 aromatic heterocycles. The molecule has 0 unspecified atom stereocenters. The van der Waals surface area contributed by atoms with Crippen LogP contribution >= 0.6 is 27.5 Å². The molecule has 0 bridgehead atoms. The van der Waals surface area contributed by atoms with Gasteiger partial charge in [-0.25, -0.2) is 4.98 Å². The fourth-order valence-electron chi connectivity index (χ4n) is 1.80. The van der Waals surface area contributed by atoms with E-state index in [1.807, 2.05) is 53.2 Å². The number of halogens is 2. The molecule has 3 rings (SSSR count). The summed E-state index contributed by atoms with van der Waals surface area (Å²) in [4.78, 5) is 4.46. The van der Waals surface area contributed by atoms with Crippen LogP contribution in [-0.2, 0) is 6.61 Å². The second kappa shape index (κ2) is 5.23. The summed E-state index contributed by atoms with van der Waals surface area (Å²) in [6, 6.07) is 11.4. The lowest BCUT2D eigenvalue weighted by molar-refractivity contribution is 0.300. The summed E-state index contributed by atoms with van der Waals surface area (Å²) in [5.41, 5.74) is 1.72. The average molecular weight is 338 g/mol. The van der Waals surface area contributed by atoms with Crippen LogP contribution in [0.5, 0.6) is 5.75 Å². The minimum atomic E-state index is 0.419. The number of benzene rings is 1. The Labute approximate surface area is 123 Å². The van der Waals surface area contributed by atoms with Gasteiger partial charge >= 0.3 is 0 Å². The first-order valence-electron chi connectivity index (χ1n) is 5.73. The Morgan fingerprint density at radius 2 is 2.00 bits per heavy atom. The molecule has 2 heterocycles. The lowest BCUT2D eigenvalue weighted by Gasteiger charge is -2.05. The van der Waals surface area contributed by atoms with Gasteiger partial charge in [-0.05, 0) is 40.2 Å². The Balaban J connectivity index is 1.80. The van der Waals surface area contributed by atoms with Gasteiger partial charge in [0.25, 0.3) is 0 Å². The zero-order valence-electron chi connectivity index (χ0n) is 9.88. The highest BCUT2D eigenvalue weighted by atomic mass is 79.9. The van der Waals surface area contributed by atoms with Gasteiger partial charge in [-0.1, -0.05) is 23.7 Å². The average Bonchev–Trinajstić information content (AvgIpc) is 2.79. The first kappa shape index (κ1) is 12.5. The lowest BCUT2D eigenvalue weighted by atomic mass is 10.3. The van der Waals surface area contributed by atoms with Crippen molar-refractivity contribution in [1.82, 2.24) is 9.38 Å². The molecule has 0 atom stereocenters. The molecule has 19 heavy (non-hydrogen) atoms. The number of pyridine rings is 1. The highest BCUT2D eigenvalue weighted by molar-refractivity contribution is 9.10. The highest BCUT2D eigenvalue weighted by Gasteiger charge is 2.04. The Bertz CT molecular complexity index is 726. The second-order valence-electron chi connectivity index (χ2n) is 4.06. The predicted molar refractivity (Wildman–Crippen MR) is 78.7 cm³/mol. The molecule has 0 aliphatic carbocycles. The molecule has 3 aromatic rings. The molecule has 3 nitrogen and oxygen atoms in total. The second-order valence-corrected chi connectivity index (χ2v) is 5.35. The van der Waals surface area contributed by atoms with Gasteiger partial charge in [0.1, 0.15) is 18.0 Å². The van der Waals surface area contributed by atoms with E-state index in [4.69, 9.17) is 16.3 Å². The molecule has 0 N–H and O–H groups in total. The molecular formula is C14H10BrClN2O. The molecule has 0 saturated heterocycles. The third kappa shape index (κ3) is 2.74. The van der Waals surface area contributed by atoms with Crippen molar-refractivity contribution in [2.24, 2.45) is 0 Å². The number of ether oxygens (including phenoxy) is 1. The summed E-state index contributed by atoms with van der Waals surface area (Å²) in [7, 11) is 0. The van der Waals surface area contributed by atoms with E-state index in [1.165, 1.54) is 0 Å². The van der Waals surface area contributed by atoms with Crippen LogP contribution in [-0.4, -0.2) is 9.38 Å². The van der Waals surface area contributed by atoms with Crippen LogP contribution in [0.2, 0.25) is 5.02 Å². The summed E-state index contributed by atoms with van der Waals surface area (Å²) in [6.07, 6.45) is 3.74. The maximum absolute atomic E-state index is 5.94. The van der Waals surface area contributed by atoms with Gasteiger partial charge in [0.05, 0.1) is 15.2 Å². The Morgan fingerprint density at radius 3 is 2.84 bits per heavy atom. The Kier molecular flexibility index (Phi) is 3.44. The van der Waals surface area contributed by atoms with Crippen LogP contribution in [0.1, 0.15) is 5.69 Å². The van der Waals surface area contributed by atoms with Gasteiger partial charge in [-0.15, -0.1) is 0 Å². The molecule has 0 aliphatic heterocycles. The van der Waals surface area contributed by atoms with Gasteiger partial charge < -0.3 is 9.14 Å². The van der Waals surface area contributed by atoms with E-state index < -0.39 is 0 Å². The van der Waals surface area contributed by atoms with Crippen molar-refractivity contribution >= 4 is 33.2 Å². The van der Waals surface area contributed by atoms with Crippen molar-refractivity contribution in [3.8, 4) is 5.75 Å². The smallest absolute Gasteiger partial charge is 0.137 e. The predicted octanol–water partition coefficient (Wildman–Crippen LogP) is 4.33. The van der Waals surface area contributed by atoms with Gasteiger partial charge in [-0.3, -0.25) is 0 Å². The van der Waals surface area contributed by atoms with Crippen LogP contribution in [0.3, 0.4) is 0 Å². The number of rotatable bonds is 3. The SMILES string of the molecule is Clc1ccc2nc(COc3ccccc3Br)cn2c1. The van der Waals surface area contributed by atoms with Crippen LogP contribution in [0.25, 0.3) is 5.65 Å². The number of imidazole rings is 1. The molecule has 96 valence electrons. The molecule has 0 fully saturated rings. The van der Waals surface area contributed by atoms with Crippen LogP contribution in [0.4, 0.5) is 0 Å². The Morgan fingerprint density at radius 1 is 1.16 bits per heavy atom. The fraction of sp³-hybridized carbons (Fsp3) is 0.0714. The summed E-state index contributed by atoms with van der Waals surface area (Å²) in [6.45, 7) is 0.419. The Hall–Kier alpha value is -1.52. The summed E-state index contributed by atoms with van der Waals surface area (Å²) < 4.78 is 8.55. The van der Waals surface area contributed by atoms with E-state index in [9.17, 15) is 0 Å². The number of para-hydroxylation sites is 1. The fourth-order valence-corrected chi connectivity index (χ4v) is 2.37. The highest BCUT2D eigenvalue weighted by Crippen LogP contribution is 2.24.